The van der Waals surface area contributed by atoms with Gasteiger partial charge in [0.15, 0.2) is 11.5 Å². The van der Waals surface area contributed by atoms with E-state index in [1.165, 1.54) is 11.9 Å². The van der Waals surface area contributed by atoms with E-state index in [0.29, 0.717) is 23.8 Å². The predicted octanol–water partition coefficient (Wildman–Crippen LogP) is 1.08. The molecule has 7 heteroatoms. The minimum Gasteiger partial charge on any atom is -0.382 e. The maximum atomic E-state index is 5.96. The Bertz CT molecular complexity index is 784. The molecular weight excluding hydrogens is 302 g/mol. The molecule has 0 fully saturated rings. The first-order valence-corrected chi connectivity index (χ1v) is 8.04. The molecule has 126 valence electrons. The topological polar surface area (TPSA) is 98.9 Å². The van der Waals surface area contributed by atoms with Crippen LogP contribution in [0.4, 0.5) is 5.82 Å². The lowest BCUT2D eigenvalue weighted by molar-refractivity contribution is 0.300. The molecule has 2 aromatic heterocycles. The summed E-state index contributed by atoms with van der Waals surface area (Å²) in [7, 11) is 2.11. The summed E-state index contributed by atoms with van der Waals surface area (Å²) in [6, 6.07) is 10.4. The van der Waals surface area contributed by atoms with E-state index < -0.39 is 0 Å². The molecule has 7 nitrogen and oxygen atoms in total. The summed E-state index contributed by atoms with van der Waals surface area (Å²) in [5, 5.41) is 0. The molecule has 4 N–H and O–H groups in total. The summed E-state index contributed by atoms with van der Waals surface area (Å²) in [5.74, 6) is 0.744. The van der Waals surface area contributed by atoms with Crippen LogP contribution in [0.3, 0.4) is 0 Å². The highest BCUT2D eigenvalue weighted by Crippen LogP contribution is 2.16. The van der Waals surface area contributed by atoms with E-state index in [4.69, 9.17) is 11.5 Å². The molecule has 3 aromatic rings. The van der Waals surface area contributed by atoms with E-state index in [2.05, 4.69) is 51.2 Å². The van der Waals surface area contributed by atoms with Gasteiger partial charge < -0.3 is 20.9 Å². The number of nitrogens with zero attached hydrogens (tertiary/aromatic N) is 5. The van der Waals surface area contributed by atoms with E-state index in [9.17, 15) is 0 Å². The largest absolute Gasteiger partial charge is 0.382 e. The van der Waals surface area contributed by atoms with Gasteiger partial charge in [0.25, 0.3) is 0 Å². The first-order valence-electron chi connectivity index (χ1n) is 8.04. The molecule has 0 bridgehead atoms. The lowest BCUT2D eigenvalue weighted by Crippen LogP contribution is -2.31. The Hall–Kier alpha value is -2.51. The molecule has 0 amide bonds. The van der Waals surface area contributed by atoms with E-state index in [-0.39, 0.29) is 0 Å². The number of nitrogens with two attached hydrogens (primary N) is 2. The number of likely N-dealkylation sites (N-methyl/N-ethyl adjacent to an activating group) is 1. The van der Waals surface area contributed by atoms with Crippen LogP contribution in [0.5, 0.6) is 0 Å². The van der Waals surface area contributed by atoms with Gasteiger partial charge >= 0.3 is 0 Å². The lowest BCUT2D eigenvalue weighted by atomic mass is 9.99. The van der Waals surface area contributed by atoms with Gasteiger partial charge in [-0.25, -0.2) is 15.0 Å². The zero-order valence-electron chi connectivity index (χ0n) is 13.8. The number of aromatic nitrogens is 4. The van der Waals surface area contributed by atoms with Gasteiger partial charge in [-0.3, -0.25) is 0 Å². The van der Waals surface area contributed by atoms with Crippen LogP contribution >= 0.6 is 0 Å². The van der Waals surface area contributed by atoms with E-state index in [1.54, 1.807) is 6.33 Å². The third-order valence-corrected chi connectivity index (χ3v) is 4.24. The maximum Gasteiger partial charge on any atom is 0.165 e. The number of hydrogen-bond donors (Lipinski definition) is 2. The molecule has 3 rings (SSSR count). The van der Waals surface area contributed by atoms with Gasteiger partial charge in [0, 0.05) is 32.1 Å². The summed E-state index contributed by atoms with van der Waals surface area (Å²) in [6.07, 6.45) is 3.24. The van der Waals surface area contributed by atoms with Gasteiger partial charge in [0.05, 0.1) is 6.33 Å². The Labute approximate surface area is 141 Å². The maximum absolute atomic E-state index is 5.96. The average molecular weight is 325 g/mol. The van der Waals surface area contributed by atoms with Crippen LogP contribution in [0.25, 0.3) is 11.2 Å². The quantitative estimate of drug-likeness (QED) is 0.674. The fraction of sp³-hybridized carbons (Fsp3) is 0.353. The highest BCUT2D eigenvalue weighted by atomic mass is 15.2. The number of hydrogen-bond acceptors (Lipinski definition) is 6. The van der Waals surface area contributed by atoms with Crippen molar-refractivity contribution in [3.05, 3.63) is 48.5 Å². The number of fused-ring (bicyclic) bond motifs is 1. The predicted molar refractivity (Wildman–Crippen MR) is 95.5 cm³/mol. The van der Waals surface area contributed by atoms with Crippen LogP contribution in [0.1, 0.15) is 11.5 Å². The van der Waals surface area contributed by atoms with Crippen molar-refractivity contribution in [1.29, 1.82) is 0 Å². The second kappa shape index (κ2) is 7.37. The van der Waals surface area contributed by atoms with Gasteiger partial charge in [0.1, 0.15) is 11.8 Å². The average Bonchev–Trinajstić information content (AvgIpc) is 3.03. The third kappa shape index (κ3) is 3.52. The van der Waals surface area contributed by atoms with E-state index >= 15 is 0 Å². The molecule has 0 radical (unpaired) electrons. The Balaban J connectivity index is 1.62. The summed E-state index contributed by atoms with van der Waals surface area (Å²) < 4.78 is 2.00. The summed E-state index contributed by atoms with van der Waals surface area (Å²) >= 11 is 0. The van der Waals surface area contributed by atoms with Crippen molar-refractivity contribution >= 4 is 17.0 Å². The van der Waals surface area contributed by atoms with Crippen molar-refractivity contribution in [2.45, 2.75) is 12.5 Å². The highest BCUT2D eigenvalue weighted by molar-refractivity contribution is 5.81. The Morgan fingerprint density at radius 3 is 2.71 bits per heavy atom. The standard InChI is InChI=1S/C17H23N7/c1-23(10-14(9-18)13-5-3-2-4-6-13)7-8-24-12-22-15-16(19)20-11-21-17(15)24/h2-6,11-12,14H,7-10,18H2,1H3,(H2,19,20,21). The van der Waals surface area contributed by atoms with Crippen LogP contribution < -0.4 is 11.5 Å². The zero-order chi connectivity index (χ0) is 16.9. The Kier molecular flexibility index (Phi) is 5.02. The van der Waals surface area contributed by atoms with E-state index in [0.717, 1.165) is 25.3 Å². The fourth-order valence-electron chi connectivity index (χ4n) is 2.85. The number of benzene rings is 1. The molecule has 0 saturated carbocycles. The van der Waals surface area contributed by atoms with Crippen LogP contribution in [-0.2, 0) is 6.54 Å². The Morgan fingerprint density at radius 2 is 1.96 bits per heavy atom. The van der Waals surface area contributed by atoms with Crippen molar-refractivity contribution in [1.82, 2.24) is 24.4 Å². The van der Waals surface area contributed by atoms with Crippen molar-refractivity contribution in [3.8, 4) is 0 Å². The summed E-state index contributed by atoms with van der Waals surface area (Å²) in [5.41, 5.74) is 14.5. The van der Waals surface area contributed by atoms with Gasteiger partial charge in [-0.05, 0) is 12.6 Å². The number of nitrogen functional groups attached to an aromatic ring is 1. The van der Waals surface area contributed by atoms with E-state index in [1.807, 2.05) is 10.6 Å². The number of anilines is 1. The zero-order valence-corrected chi connectivity index (χ0v) is 13.8. The van der Waals surface area contributed by atoms with Crippen molar-refractivity contribution in [2.75, 3.05) is 32.4 Å². The van der Waals surface area contributed by atoms with Crippen molar-refractivity contribution < 1.29 is 0 Å². The number of imidazole rings is 1. The second-order valence-electron chi connectivity index (χ2n) is 5.97. The minimum atomic E-state index is 0.328. The van der Waals surface area contributed by atoms with Gasteiger partial charge in [-0.2, -0.15) is 0 Å². The molecule has 0 saturated heterocycles. The summed E-state index contributed by atoms with van der Waals surface area (Å²) in [6.45, 7) is 3.20. The second-order valence-corrected chi connectivity index (χ2v) is 5.97. The van der Waals surface area contributed by atoms with Crippen molar-refractivity contribution in [2.24, 2.45) is 5.73 Å². The fourth-order valence-corrected chi connectivity index (χ4v) is 2.85. The molecule has 24 heavy (non-hydrogen) atoms. The van der Waals surface area contributed by atoms with Crippen LogP contribution in [0.2, 0.25) is 0 Å². The molecule has 1 aromatic carbocycles. The molecule has 2 heterocycles. The molecule has 0 spiro atoms. The normalized spacial score (nSPS) is 12.8. The molecule has 0 aliphatic rings. The van der Waals surface area contributed by atoms with Gasteiger partial charge in [-0.1, -0.05) is 30.3 Å². The molecular formula is C17H23N7. The minimum absolute atomic E-state index is 0.328. The van der Waals surface area contributed by atoms with Crippen LogP contribution in [0.15, 0.2) is 43.0 Å². The summed E-state index contributed by atoms with van der Waals surface area (Å²) in [4.78, 5) is 14.8. The van der Waals surface area contributed by atoms with Crippen LogP contribution in [-0.4, -0.2) is 51.1 Å². The Morgan fingerprint density at radius 1 is 1.17 bits per heavy atom. The first kappa shape index (κ1) is 16.4. The van der Waals surface area contributed by atoms with Gasteiger partial charge in [0.2, 0.25) is 0 Å². The van der Waals surface area contributed by atoms with Crippen molar-refractivity contribution in [3.63, 3.8) is 0 Å². The monoisotopic (exact) mass is 325 g/mol. The lowest BCUT2D eigenvalue weighted by Gasteiger charge is -2.23. The van der Waals surface area contributed by atoms with Crippen LogP contribution in [0, 0.1) is 0 Å². The SMILES string of the molecule is CN(CCn1cnc2c(N)ncnc21)CC(CN)c1ccccc1. The third-order valence-electron chi connectivity index (χ3n) is 4.24. The highest BCUT2D eigenvalue weighted by Gasteiger charge is 2.13. The smallest absolute Gasteiger partial charge is 0.165 e. The molecule has 0 aliphatic heterocycles. The first-order chi connectivity index (χ1) is 11.7. The molecule has 1 unspecified atom stereocenters. The number of rotatable bonds is 7. The van der Waals surface area contributed by atoms with Gasteiger partial charge in [-0.15, -0.1) is 0 Å². The molecule has 0 aliphatic carbocycles. The molecule has 1 atom stereocenters.